The number of aromatic nitrogens is 4. The Kier molecular flexibility index (Phi) is 8.29. The maximum atomic E-state index is 13.7. The van der Waals surface area contributed by atoms with Crippen molar-refractivity contribution >= 4 is 29.3 Å². The second kappa shape index (κ2) is 12.0. The molecule has 2 heterocycles. The highest BCUT2D eigenvalue weighted by molar-refractivity contribution is 7.98. The van der Waals surface area contributed by atoms with Gasteiger partial charge in [-0.25, -0.2) is 9.67 Å². The zero-order valence-corrected chi connectivity index (χ0v) is 23.1. The van der Waals surface area contributed by atoms with Gasteiger partial charge in [-0.05, 0) is 73.7 Å². The molecular formula is C29H30ClN5O2S. The predicted octanol–water partition coefficient (Wildman–Crippen LogP) is 6.48. The molecule has 0 bridgehead atoms. The van der Waals surface area contributed by atoms with Crippen molar-refractivity contribution in [2.75, 3.05) is 19.9 Å². The molecule has 4 aromatic rings. The summed E-state index contributed by atoms with van der Waals surface area (Å²) in [6, 6.07) is 17.5. The molecule has 0 aliphatic heterocycles. The Hall–Kier alpha value is -3.36. The average molecular weight is 548 g/mol. The summed E-state index contributed by atoms with van der Waals surface area (Å²) in [4.78, 5) is 25.8. The van der Waals surface area contributed by atoms with Gasteiger partial charge >= 0.3 is 0 Å². The van der Waals surface area contributed by atoms with E-state index in [2.05, 4.69) is 4.98 Å². The summed E-state index contributed by atoms with van der Waals surface area (Å²) >= 11 is 8.12. The summed E-state index contributed by atoms with van der Waals surface area (Å²) in [5.74, 6) is 1.94. The van der Waals surface area contributed by atoms with Gasteiger partial charge in [0.25, 0.3) is 5.91 Å². The Balaban J connectivity index is 1.47. The number of benzene rings is 2. The van der Waals surface area contributed by atoms with Gasteiger partial charge in [0.15, 0.2) is 11.6 Å². The molecule has 5 rings (SSSR count). The summed E-state index contributed by atoms with van der Waals surface area (Å²) in [6.45, 7) is 1.03. The van der Waals surface area contributed by atoms with E-state index in [1.807, 2.05) is 70.4 Å². The van der Waals surface area contributed by atoms with Gasteiger partial charge in [0.1, 0.15) is 5.75 Å². The Morgan fingerprint density at radius 1 is 1.08 bits per heavy atom. The molecule has 1 fully saturated rings. The first-order valence-electron chi connectivity index (χ1n) is 12.7. The molecular weight excluding hydrogens is 518 g/mol. The smallest absolute Gasteiger partial charge is 0.254 e. The molecule has 0 spiro atoms. The number of nitrogens with zero attached hydrogens (tertiary/aromatic N) is 5. The molecule has 9 heteroatoms. The summed E-state index contributed by atoms with van der Waals surface area (Å²) in [5, 5.41) is 5.35. The Bertz CT molecular complexity index is 1390. The highest BCUT2D eigenvalue weighted by atomic mass is 35.5. The molecule has 0 radical (unpaired) electrons. The van der Waals surface area contributed by atoms with Gasteiger partial charge in [-0.1, -0.05) is 24.4 Å². The second-order valence-electron chi connectivity index (χ2n) is 9.23. The lowest BCUT2D eigenvalue weighted by Gasteiger charge is -2.29. The number of amides is 1. The zero-order chi connectivity index (χ0) is 26.5. The van der Waals surface area contributed by atoms with Crippen molar-refractivity contribution in [1.29, 1.82) is 0 Å². The van der Waals surface area contributed by atoms with Crippen molar-refractivity contribution < 1.29 is 9.53 Å². The third kappa shape index (κ3) is 5.71. The van der Waals surface area contributed by atoms with E-state index in [1.165, 1.54) is 0 Å². The van der Waals surface area contributed by atoms with Crippen LogP contribution in [0.3, 0.4) is 0 Å². The molecule has 1 aliphatic rings. The number of ether oxygens (including phenoxy) is 1. The van der Waals surface area contributed by atoms with E-state index in [4.69, 9.17) is 26.4 Å². The monoisotopic (exact) mass is 547 g/mol. The Morgan fingerprint density at radius 2 is 1.82 bits per heavy atom. The first-order chi connectivity index (χ1) is 18.6. The third-order valence-corrected chi connectivity index (χ3v) is 7.98. The van der Waals surface area contributed by atoms with Gasteiger partial charge in [0.2, 0.25) is 0 Å². The topological polar surface area (TPSA) is 73.1 Å². The molecule has 1 amide bonds. The van der Waals surface area contributed by atoms with Crippen LogP contribution < -0.4 is 4.74 Å². The maximum Gasteiger partial charge on any atom is 0.254 e. The van der Waals surface area contributed by atoms with Crippen LogP contribution in [0.5, 0.6) is 5.75 Å². The minimum Gasteiger partial charge on any atom is -0.495 e. The molecule has 196 valence electrons. The summed E-state index contributed by atoms with van der Waals surface area (Å²) in [7, 11) is 1.59. The van der Waals surface area contributed by atoms with Crippen molar-refractivity contribution in [2.45, 2.75) is 43.2 Å². The molecule has 7 nitrogen and oxygen atoms in total. The first kappa shape index (κ1) is 26.3. The molecule has 2 aromatic heterocycles. The van der Waals surface area contributed by atoms with E-state index in [-0.39, 0.29) is 11.9 Å². The summed E-state index contributed by atoms with van der Waals surface area (Å²) in [5.41, 5.74) is 2.42. The van der Waals surface area contributed by atoms with Crippen LogP contribution in [-0.4, -0.2) is 56.5 Å². The highest BCUT2D eigenvalue weighted by Gasteiger charge is 2.28. The van der Waals surface area contributed by atoms with Crippen molar-refractivity contribution in [2.24, 2.45) is 0 Å². The van der Waals surface area contributed by atoms with Gasteiger partial charge in [-0.3, -0.25) is 9.78 Å². The van der Waals surface area contributed by atoms with Gasteiger partial charge in [0.05, 0.1) is 18.7 Å². The molecule has 0 N–H and O–H groups in total. The van der Waals surface area contributed by atoms with Crippen molar-refractivity contribution in [1.82, 2.24) is 24.6 Å². The summed E-state index contributed by atoms with van der Waals surface area (Å²) in [6.07, 6.45) is 9.82. The number of hydrogen-bond donors (Lipinski definition) is 0. The average Bonchev–Trinajstić information content (AvgIpc) is 3.64. The number of carbonyl (C=O) groups excluding carboxylic acids is 1. The minimum absolute atomic E-state index is 0.0630. The molecule has 38 heavy (non-hydrogen) atoms. The van der Waals surface area contributed by atoms with Crippen LogP contribution in [0.2, 0.25) is 5.02 Å². The number of thioether (sulfide) groups is 1. The lowest BCUT2D eigenvalue weighted by molar-refractivity contribution is 0.0672. The number of rotatable bonds is 9. The Labute approximate surface area is 232 Å². The van der Waals surface area contributed by atoms with Crippen LogP contribution in [0, 0.1) is 0 Å². The lowest BCUT2D eigenvalue weighted by atomic mass is 10.1. The van der Waals surface area contributed by atoms with E-state index < -0.39 is 0 Å². The van der Waals surface area contributed by atoms with Crippen LogP contribution in [0.1, 0.15) is 36.0 Å². The second-order valence-corrected chi connectivity index (χ2v) is 10.5. The Morgan fingerprint density at radius 3 is 2.47 bits per heavy atom. The largest absolute Gasteiger partial charge is 0.495 e. The van der Waals surface area contributed by atoms with Crippen molar-refractivity contribution in [3.05, 3.63) is 77.6 Å². The first-order valence-corrected chi connectivity index (χ1v) is 14.3. The van der Waals surface area contributed by atoms with E-state index in [1.54, 1.807) is 31.3 Å². The molecule has 1 aliphatic carbocycles. The molecule has 0 atom stereocenters. The number of carbonyl (C=O) groups is 1. The SMILES string of the molecule is COc1ccc(-c2nc(-c3ccncc3)nn2CCN(C(=O)c2ccc(SC)cc2)C2CCCC2)cc1Cl. The maximum absolute atomic E-state index is 13.7. The van der Waals surface area contributed by atoms with Gasteiger partial charge < -0.3 is 9.64 Å². The third-order valence-electron chi connectivity index (χ3n) is 6.94. The summed E-state index contributed by atoms with van der Waals surface area (Å²) < 4.78 is 7.21. The predicted molar refractivity (Wildman–Crippen MR) is 152 cm³/mol. The van der Waals surface area contributed by atoms with Crippen LogP contribution in [0.15, 0.2) is 71.9 Å². The lowest BCUT2D eigenvalue weighted by Crippen LogP contribution is -2.41. The van der Waals surface area contributed by atoms with E-state index in [9.17, 15) is 4.79 Å². The number of hydrogen-bond acceptors (Lipinski definition) is 6. The normalized spacial score (nSPS) is 13.6. The van der Waals surface area contributed by atoms with Gasteiger partial charge in [-0.15, -0.1) is 11.8 Å². The van der Waals surface area contributed by atoms with Crippen LogP contribution >= 0.6 is 23.4 Å². The standard InChI is InChI=1S/C29H30ClN5O2S/c1-37-26-12-9-22(19-25(26)30)28-32-27(20-13-15-31-16-14-20)33-35(28)18-17-34(23-5-3-4-6-23)29(36)21-7-10-24(38-2)11-8-21/h7-16,19,23H,3-6,17-18H2,1-2H3. The number of halogens is 1. The van der Waals surface area contributed by atoms with Crippen LogP contribution in [0.25, 0.3) is 22.8 Å². The molecule has 0 saturated heterocycles. The quantitative estimate of drug-likeness (QED) is 0.223. The van der Waals surface area contributed by atoms with E-state index >= 15 is 0 Å². The number of pyridine rings is 1. The molecule has 0 unspecified atom stereocenters. The minimum atomic E-state index is 0.0630. The van der Waals surface area contributed by atoms with Crippen LogP contribution in [0.4, 0.5) is 0 Å². The fraction of sp³-hybridized carbons (Fsp3) is 0.310. The fourth-order valence-corrected chi connectivity index (χ4v) is 5.57. The van der Waals surface area contributed by atoms with Crippen molar-refractivity contribution in [3.63, 3.8) is 0 Å². The highest BCUT2D eigenvalue weighted by Crippen LogP contribution is 2.31. The fourth-order valence-electron chi connectivity index (χ4n) is 4.91. The molecule has 1 saturated carbocycles. The molecule has 2 aromatic carbocycles. The van der Waals surface area contributed by atoms with E-state index in [0.29, 0.717) is 41.1 Å². The van der Waals surface area contributed by atoms with Crippen LogP contribution in [-0.2, 0) is 6.54 Å². The number of methoxy groups -OCH3 is 1. The van der Waals surface area contributed by atoms with E-state index in [0.717, 1.165) is 41.7 Å². The van der Waals surface area contributed by atoms with Crippen molar-refractivity contribution in [3.8, 4) is 28.5 Å². The zero-order valence-electron chi connectivity index (χ0n) is 21.5. The van der Waals surface area contributed by atoms with Gasteiger partial charge in [0, 0.05) is 46.6 Å². The van der Waals surface area contributed by atoms with Gasteiger partial charge in [-0.2, -0.15) is 5.10 Å².